The molecule has 2 heterocycles. The van der Waals surface area contributed by atoms with Gasteiger partial charge in [0, 0.05) is 5.56 Å². The monoisotopic (exact) mass is 279 g/mol. The van der Waals surface area contributed by atoms with Crippen molar-refractivity contribution in [3.63, 3.8) is 0 Å². The van der Waals surface area contributed by atoms with Crippen LogP contribution in [0.1, 0.15) is 31.1 Å². The lowest BCUT2D eigenvalue weighted by molar-refractivity contribution is 0.399. The van der Waals surface area contributed by atoms with Crippen LogP contribution in [0.25, 0.3) is 11.3 Å². The molecule has 5 heteroatoms. The normalized spacial score (nSPS) is 19.6. The van der Waals surface area contributed by atoms with Crippen molar-refractivity contribution in [3.05, 3.63) is 41.1 Å². The molecule has 1 aliphatic heterocycles. The summed E-state index contributed by atoms with van der Waals surface area (Å²) in [4.78, 5) is 7.69. The third-order valence-electron chi connectivity index (χ3n) is 3.46. The minimum atomic E-state index is -0.331. The molecule has 2 aromatic rings. The predicted molar refractivity (Wildman–Crippen MR) is 73.6 cm³/mol. The molecule has 0 spiro atoms. The molecule has 3 rings (SSSR count). The Morgan fingerprint density at radius 3 is 2.95 bits per heavy atom. The first-order chi connectivity index (χ1) is 9.24. The van der Waals surface area contributed by atoms with Crippen LogP contribution in [-0.4, -0.2) is 16.5 Å². The molecule has 0 saturated carbocycles. The number of H-pyrrole nitrogens is 1. The smallest absolute Gasteiger partial charge is 0.124 e. The average molecular weight is 280 g/mol. The largest absolute Gasteiger partial charge is 0.341 e. The van der Waals surface area contributed by atoms with Gasteiger partial charge in [0.25, 0.3) is 0 Å². The Kier molecular flexibility index (Phi) is 3.53. The van der Waals surface area contributed by atoms with Gasteiger partial charge in [0.05, 0.1) is 23.0 Å². The van der Waals surface area contributed by atoms with Crippen LogP contribution in [0, 0.1) is 5.82 Å². The number of imidazole rings is 1. The Labute approximate surface area is 116 Å². The van der Waals surface area contributed by atoms with Gasteiger partial charge in [0.1, 0.15) is 11.6 Å². The minimum Gasteiger partial charge on any atom is -0.341 e. The van der Waals surface area contributed by atoms with E-state index >= 15 is 0 Å². The number of piperidine rings is 1. The van der Waals surface area contributed by atoms with Crippen molar-refractivity contribution >= 4 is 11.6 Å². The van der Waals surface area contributed by atoms with Crippen LogP contribution in [-0.2, 0) is 0 Å². The van der Waals surface area contributed by atoms with E-state index in [9.17, 15) is 4.39 Å². The van der Waals surface area contributed by atoms with E-state index in [1.807, 2.05) is 0 Å². The van der Waals surface area contributed by atoms with Crippen molar-refractivity contribution in [2.45, 2.75) is 25.3 Å². The van der Waals surface area contributed by atoms with Gasteiger partial charge in [-0.05, 0) is 37.6 Å². The van der Waals surface area contributed by atoms with E-state index in [4.69, 9.17) is 11.6 Å². The van der Waals surface area contributed by atoms with Crippen LogP contribution in [0.5, 0.6) is 0 Å². The molecule has 1 fully saturated rings. The predicted octanol–water partition coefficient (Wildman–Crippen LogP) is 3.68. The number of nitrogens with zero attached hydrogens (tertiary/aromatic N) is 1. The van der Waals surface area contributed by atoms with Crippen LogP contribution < -0.4 is 5.32 Å². The third kappa shape index (κ3) is 2.65. The summed E-state index contributed by atoms with van der Waals surface area (Å²) < 4.78 is 13.0. The van der Waals surface area contributed by atoms with E-state index in [2.05, 4.69) is 15.3 Å². The number of aromatic amines is 1. The van der Waals surface area contributed by atoms with Gasteiger partial charge >= 0.3 is 0 Å². The van der Waals surface area contributed by atoms with E-state index in [0.29, 0.717) is 5.02 Å². The van der Waals surface area contributed by atoms with Crippen molar-refractivity contribution in [3.8, 4) is 11.3 Å². The van der Waals surface area contributed by atoms with E-state index in [1.54, 1.807) is 12.3 Å². The van der Waals surface area contributed by atoms with Crippen molar-refractivity contribution < 1.29 is 4.39 Å². The molecule has 1 saturated heterocycles. The lowest BCUT2D eigenvalue weighted by Crippen LogP contribution is -2.27. The fourth-order valence-corrected chi connectivity index (χ4v) is 2.71. The Morgan fingerprint density at radius 2 is 2.21 bits per heavy atom. The highest BCUT2D eigenvalue weighted by Crippen LogP contribution is 2.29. The summed E-state index contributed by atoms with van der Waals surface area (Å²) in [6.07, 6.45) is 5.27. The molecule has 0 bridgehead atoms. The minimum absolute atomic E-state index is 0.279. The molecule has 1 aromatic carbocycles. The zero-order chi connectivity index (χ0) is 13.2. The van der Waals surface area contributed by atoms with Gasteiger partial charge < -0.3 is 10.3 Å². The van der Waals surface area contributed by atoms with Gasteiger partial charge in [-0.25, -0.2) is 9.37 Å². The van der Waals surface area contributed by atoms with Crippen LogP contribution in [0.4, 0.5) is 4.39 Å². The molecule has 1 unspecified atom stereocenters. The number of rotatable bonds is 2. The fourth-order valence-electron chi connectivity index (χ4n) is 2.44. The lowest BCUT2D eigenvalue weighted by Gasteiger charge is -2.21. The van der Waals surface area contributed by atoms with Gasteiger partial charge in [-0.1, -0.05) is 18.0 Å². The summed E-state index contributed by atoms with van der Waals surface area (Å²) in [5.74, 6) is 0.595. The number of hydrogen-bond acceptors (Lipinski definition) is 2. The molecule has 1 atom stereocenters. The van der Waals surface area contributed by atoms with E-state index < -0.39 is 0 Å². The van der Waals surface area contributed by atoms with Gasteiger partial charge in [0.2, 0.25) is 0 Å². The van der Waals surface area contributed by atoms with Gasteiger partial charge in [-0.15, -0.1) is 0 Å². The number of halogens is 2. The summed E-state index contributed by atoms with van der Waals surface area (Å²) in [6.45, 7) is 1.03. The number of nitrogens with one attached hydrogen (secondary N) is 2. The lowest BCUT2D eigenvalue weighted by atomic mass is 10.0. The SMILES string of the molecule is Fc1ccc(-c2cnc(C3CCCCN3)[nH]2)c(Cl)c1. The van der Waals surface area contributed by atoms with Crippen LogP contribution in [0.2, 0.25) is 5.02 Å². The highest BCUT2D eigenvalue weighted by Gasteiger charge is 2.18. The van der Waals surface area contributed by atoms with Crippen molar-refractivity contribution in [1.29, 1.82) is 0 Å². The maximum Gasteiger partial charge on any atom is 0.124 e. The first kappa shape index (κ1) is 12.6. The van der Waals surface area contributed by atoms with Crippen molar-refractivity contribution in [2.75, 3.05) is 6.54 Å². The number of benzene rings is 1. The van der Waals surface area contributed by atoms with Crippen molar-refractivity contribution in [2.24, 2.45) is 0 Å². The Morgan fingerprint density at radius 1 is 1.32 bits per heavy atom. The summed E-state index contributed by atoms with van der Waals surface area (Å²) in [7, 11) is 0. The second-order valence-electron chi connectivity index (χ2n) is 4.81. The summed E-state index contributed by atoms with van der Waals surface area (Å²) >= 11 is 6.06. The fraction of sp³-hybridized carbons (Fsp3) is 0.357. The summed E-state index contributed by atoms with van der Waals surface area (Å²) in [5, 5.41) is 3.83. The Bertz CT molecular complexity index is 576. The second-order valence-corrected chi connectivity index (χ2v) is 5.22. The molecule has 1 aromatic heterocycles. The summed E-state index contributed by atoms with van der Waals surface area (Å²) in [5.41, 5.74) is 1.60. The van der Waals surface area contributed by atoms with E-state index in [0.717, 1.165) is 30.0 Å². The average Bonchev–Trinajstić information content (AvgIpc) is 2.89. The van der Waals surface area contributed by atoms with E-state index in [1.165, 1.54) is 25.0 Å². The zero-order valence-corrected chi connectivity index (χ0v) is 11.2. The first-order valence-electron chi connectivity index (χ1n) is 6.48. The molecule has 0 radical (unpaired) electrons. The topological polar surface area (TPSA) is 40.7 Å². The molecule has 2 N–H and O–H groups in total. The molecule has 0 amide bonds. The molecule has 1 aliphatic rings. The second kappa shape index (κ2) is 5.31. The molecular weight excluding hydrogens is 265 g/mol. The van der Waals surface area contributed by atoms with Gasteiger partial charge in [0.15, 0.2) is 0 Å². The summed E-state index contributed by atoms with van der Waals surface area (Å²) in [6, 6.07) is 4.67. The Hall–Kier alpha value is -1.39. The van der Waals surface area contributed by atoms with Crippen LogP contribution in [0.3, 0.4) is 0 Å². The Balaban J connectivity index is 1.87. The van der Waals surface area contributed by atoms with Gasteiger partial charge in [-0.3, -0.25) is 0 Å². The first-order valence-corrected chi connectivity index (χ1v) is 6.85. The maximum atomic E-state index is 13.0. The van der Waals surface area contributed by atoms with Crippen LogP contribution >= 0.6 is 11.6 Å². The maximum absolute atomic E-state index is 13.0. The van der Waals surface area contributed by atoms with E-state index in [-0.39, 0.29) is 11.9 Å². The molecule has 19 heavy (non-hydrogen) atoms. The van der Waals surface area contributed by atoms with Crippen LogP contribution in [0.15, 0.2) is 24.4 Å². The molecular formula is C14H15ClFN3. The van der Waals surface area contributed by atoms with Crippen molar-refractivity contribution in [1.82, 2.24) is 15.3 Å². The quantitative estimate of drug-likeness (QED) is 0.880. The zero-order valence-electron chi connectivity index (χ0n) is 10.4. The molecule has 0 aliphatic carbocycles. The standard InChI is InChI=1S/C14H15ClFN3/c15-11-7-9(16)4-5-10(11)13-8-18-14(19-13)12-3-1-2-6-17-12/h4-5,7-8,12,17H,1-3,6H2,(H,18,19). The molecule has 100 valence electrons. The molecule has 3 nitrogen and oxygen atoms in total. The third-order valence-corrected chi connectivity index (χ3v) is 3.77. The number of hydrogen-bond donors (Lipinski definition) is 2. The highest BCUT2D eigenvalue weighted by molar-refractivity contribution is 6.33. The number of aromatic nitrogens is 2. The highest BCUT2D eigenvalue weighted by atomic mass is 35.5. The van der Waals surface area contributed by atoms with Gasteiger partial charge in [-0.2, -0.15) is 0 Å².